The van der Waals surface area contributed by atoms with Crippen LogP contribution in [0.2, 0.25) is 0 Å². The fraction of sp³-hybridized carbons (Fsp3) is 0.176. The molecule has 126 valence electrons. The Morgan fingerprint density at radius 2 is 2.04 bits per heavy atom. The van der Waals surface area contributed by atoms with Crippen LogP contribution in [-0.2, 0) is 9.53 Å². The number of esters is 1. The number of anilines is 1. The van der Waals surface area contributed by atoms with Crippen LogP contribution in [0.15, 0.2) is 29.7 Å². The first-order valence-electron chi connectivity index (χ1n) is 6.98. The number of rotatable bonds is 5. The van der Waals surface area contributed by atoms with Gasteiger partial charge in [-0.2, -0.15) is 0 Å². The Balaban J connectivity index is 2.14. The van der Waals surface area contributed by atoms with E-state index in [0.717, 1.165) is 5.56 Å². The van der Waals surface area contributed by atoms with Gasteiger partial charge in [-0.05, 0) is 41.6 Å². The van der Waals surface area contributed by atoms with Crippen LogP contribution in [0.5, 0.6) is 11.5 Å². The highest BCUT2D eigenvalue weighted by molar-refractivity contribution is 7.12. The van der Waals surface area contributed by atoms with Crippen molar-refractivity contribution in [3.8, 4) is 11.5 Å². The third kappa shape index (κ3) is 3.94. The van der Waals surface area contributed by atoms with E-state index in [1.807, 2.05) is 0 Å². The second-order valence-electron chi connectivity index (χ2n) is 4.87. The van der Waals surface area contributed by atoms with Crippen molar-refractivity contribution in [3.63, 3.8) is 0 Å². The number of amides is 1. The largest absolute Gasteiger partial charge is 0.504 e. The molecule has 0 unspecified atom stereocenters. The molecule has 0 aliphatic heterocycles. The number of methoxy groups -OCH3 is 2. The monoisotopic (exact) mass is 347 g/mol. The van der Waals surface area contributed by atoms with Gasteiger partial charge in [0.25, 0.3) is 0 Å². The molecule has 7 heteroatoms. The van der Waals surface area contributed by atoms with Crippen LogP contribution in [0.4, 0.5) is 5.69 Å². The van der Waals surface area contributed by atoms with Crippen molar-refractivity contribution in [2.75, 3.05) is 19.5 Å². The van der Waals surface area contributed by atoms with Crippen LogP contribution in [-0.4, -0.2) is 31.2 Å². The zero-order chi connectivity index (χ0) is 17.7. The summed E-state index contributed by atoms with van der Waals surface area (Å²) in [6, 6.07) is 4.74. The zero-order valence-corrected chi connectivity index (χ0v) is 14.3. The first-order chi connectivity index (χ1) is 11.5. The van der Waals surface area contributed by atoms with Gasteiger partial charge < -0.3 is 19.9 Å². The van der Waals surface area contributed by atoms with Crippen molar-refractivity contribution in [1.29, 1.82) is 0 Å². The fourth-order valence-electron chi connectivity index (χ4n) is 1.98. The first kappa shape index (κ1) is 17.6. The number of thiophene rings is 1. The second kappa shape index (κ2) is 7.65. The molecule has 0 fully saturated rings. The molecule has 1 heterocycles. The summed E-state index contributed by atoms with van der Waals surface area (Å²) in [6.07, 6.45) is 2.92. The number of benzene rings is 1. The maximum absolute atomic E-state index is 12.1. The number of carbonyl (C=O) groups is 2. The lowest BCUT2D eigenvalue weighted by atomic mass is 10.2. The van der Waals surface area contributed by atoms with Crippen LogP contribution in [0.1, 0.15) is 20.8 Å². The molecule has 0 bridgehead atoms. The van der Waals surface area contributed by atoms with Crippen molar-refractivity contribution in [2.45, 2.75) is 6.92 Å². The molecular weight excluding hydrogens is 330 g/mol. The predicted molar refractivity (Wildman–Crippen MR) is 92.7 cm³/mol. The van der Waals surface area contributed by atoms with E-state index in [1.165, 1.54) is 37.7 Å². The molecule has 0 radical (unpaired) electrons. The third-order valence-electron chi connectivity index (χ3n) is 3.22. The van der Waals surface area contributed by atoms with Crippen molar-refractivity contribution < 1.29 is 24.2 Å². The molecule has 6 nitrogen and oxygen atoms in total. The summed E-state index contributed by atoms with van der Waals surface area (Å²) in [6.45, 7) is 1.80. The Hall–Kier alpha value is -2.80. The molecule has 0 saturated heterocycles. The Morgan fingerprint density at radius 1 is 1.29 bits per heavy atom. The lowest BCUT2D eigenvalue weighted by Gasteiger charge is -2.05. The summed E-state index contributed by atoms with van der Waals surface area (Å²) in [5, 5.41) is 14.0. The molecule has 1 aromatic carbocycles. The molecular formula is C17H17NO5S. The molecule has 0 atom stereocenters. The van der Waals surface area contributed by atoms with Gasteiger partial charge in [0.15, 0.2) is 11.5 Å². The van der Waals surface area contributed by atoms with E-state index < -0.39 is 5.97 Å². The van der Waals surface area contributed by atoms with E-state index in [1.54, 1.807) is 30.5 Å². The second-order valence-corrected chi connectivity index (χ2v) is 5.75. The highest BCUT2D eigenvalue weighted by atomic mass is 32.1. The summed E-state index contributed by atoms with van der Waals surface area (Å²) in [7, 11) is 2.74. The van der Waals surface area contributed by atoms with Gasteiger partial charge in [0.05, 0.1) is 19.9 Å². The van der Waals surface area contributed by atoms with Crippen molar-refractivity contribution >= 4 is 35.0 Å². The Kier molecular flexibility index (Phi) is 5.59. The average Bonchev–Trinajstić information content (AvgIpc) is 2.94. The number of nitrogens with one attached hydrogen (secondary N) is 1. The van der Waals surface area contributed by atoms with Crippen molar-refractivity contribution in [1.82, 2.24) is 0 Å². The number of hydrogen-bond donors (Lipinski definition) is 2. The Morgan fingerprint density at radius 3 is 2.71 bits per heavy atom. The summed E-state index contributed by atoms with van der Waals surface area (Å²) in [4.78, 5) is 24.1. The number of aryl methyl sites for hydroxylation is 1. The van der Waals surface area contributed by atoms with E-state index in [4.69, 9.17) is 9.47 Å². The van der Waals surface area contributed by atoms with E-state index >= 15 is 0 Å². The summed E-state index contributed by atoms with van der Waals surface area (Å²) in [5.74, 6) is -0.528. The zero-order valence-electron chi connectivity index (χ0n) is 13.5. The molecule has 2 N–H and O–H groups in total. The fourth-order valence-corrected chi connectivity index (χ4v) is 2.90. The molecule has 1 amide bonds. The molecule has 0 spiro atoms. The third-order valence-corrected chi connectivity index (χ3v) is 4.30. The smallest absolute Gasteiger partial charge is 0.350 e. The van der Waals surface area contributed by atoms with Crippen LogP contribution < -0.4 is 10.1 Å². The molecule has 0 aliphatic carbocycles. The number of hydrogen-bond acceptors (Lipinski definition) is 6. The van der Waals surface area contributed by atoms with Crippen LogP contribution in [0.3, 0.4) is 0 Å². The molecule has 0 aliphatic rings. The lowest BCUT2D eigenvalue weighted by Crippen LogP contribution is -2.11. The van der Waals surface area contributed by atoms with Crippen LogP contribution in [0, 0.1) is 6.92 Å². The Bertz CT molecular complexity index is 794. The topological polar surface area (TPSA) is 84.9 Å². The average molecular weight is 347 g/mol. The van der Waals surface area contributed by atoms with Crippen LogP contribution in [0.25, 0.3) is 6.08 Å². The molecule has 0 saturated carbocycles. The van der Waals surface area contributed by atoms with Crippen molar-refractivity contribution in [3.05, 3.63) is 45.7 Å². The van der Waals surface area contributed by atoms with Crippen LogP contribution >= 0.6 is 11.3 Å². The molecule has 1 aromatic heterocycles. The quantitative estimate of drug-likeness (QED) is 0.641. The van der Waals surface area contributed by atoms with Gasteiger partial charge in [0.1, 0.15) is 4.88 Å². The standard InChI is InChI=1S/C17H17NO5S/c1-10-9-24-16(17(21)23-3)15(10)18-14(20)7-5-11-4-6-12(19)13(8-11)22-2/h4-9,19H,1-3H3,(H,18,20)/b7-5+. The minimum Gasteiger partial charge on any atom is -0.504 e. The van der Waals surface area contributed by atoms with Gasteiger partial charge >= 0.3 is 5.97 Å². The normalized spacial score (nSPS) is 10.6. The predicted octanol–water partition coefficient (Wildman–Crippen LogP) is 3.21. The molecule has 24 heavy (non-hydrogen) atoms. The van der Waals surface area contributed by atoms with E-state index in [9.17, 15) is 14.7 Å². The number of carbonyl (C=O) groups excluding carboxylic acids is 2. The molecule has 2 rings (SSSR count). The SMILES string of the molecule is COC(=O)c1scc(C)c1NC(=O)/C=C/c1ccc(O)c(OC)c1. The highest BCUT2D eigenvalue weighted by Crippen LogP contribution is 2.29. The minimum atomic E-state index is -0.490. The van der Waals surface area contributed by atoms with E-state index in [0.29, 0.717) is 21.9 Å². The number of ether oxygens (including phenoxy) is 2. The highest BCUT2D eigenvalue weighted by Gasteiger charge is 2.17. The first-order valence-corrected chi connectivity index (χ1v) is 7.86. The van der Waals surface area contributed by atoms with E-state index in [2.05, 4.69) is 5.32 Å². The number of aromatic hydroxyl groups is 1. The minimum absolute atomic E-state index is 0.0238. The molecule has 2 aromatic rings. The summed E-state index contributed by atoms with van der Waals surface area (Å²) >= 11 is 1.21. The number of phenolic OH excluding ortho intramolecular Hbond substituents is 1. The summed E-state index contributed by atoms with van der Waals surface area (Å²) in [5.41, 5.74) is 1.92. The van der Waals surface area contributed by atoms with Gasteiger partial charge in [0, 0.05) is 6.08 Å². The van der Waals surface area contributed by atoms with E-state index in [-0.39, 0.29) is 11.7 Å². The van der Waals surface area contributed by atoms with Gasteiger partial charge in [-0.3, -0.25) is 4.79 Å². The van der Waals surface area contributed by atoms with Gasteiger partial charge in [-0.1, -0.05) is 6.07 Å². The lowest BCUT2D eigenvalue weighted by molar-refractivity contribution is -0.111. The number of phenols is 1. The summed E-state index contributed by atoms with van der Waals surface area (Å²) < 4.78 is 9.72. The maximum atomic E-state index is 12.1. The van der Waals surface area contributed by atoms with Gasteiger partial charge in [-0.25, -0.2) is 4.79 Å². The van der Waals surface area contributed by atoms with Gasteiger partial charge in [0.2, 0.25) is 5.91 Å². The maximum Gasteiger partial charge on any atom is 0.350 e. The Labute approximate surface area is 143 Å². The van der Waals surface area contributed by atoms with Gasteiger partial charge in [-0.15, -0.1) is 11.3 Å². The van der Waals surface area contributed by atoms with Crippen molar-refractivity contribution in [2.24, 2.45) is 0 Å².